The fraction of sp³-hybridized carbons (Fsp3) is 0.0909. The van der Waals surface area contributed by atoms with Gasteiger partial charge in [-0.3, -0.25) is 9.52 Å². The number of rotatable bonds is 4. The lowest BCUT2D eigenvalue weighted by molar-refractivity contribution is 0.0694. The highest BCUT2D eigenvalue weighted by molar-refractivity contribution is 7.94. The van der Waals surface area contributed by atoms with Gasteiger partial charge in [-0.2, -0.15) is 0 Å². The highest BCUT2D eigenvalue weighted by atomic mass is 32.2. The summed E-state index contributed by atoms with van der Waals surface area (Å²) in [6, 6.07) is 3.63. The summed E-state index contributed by atoms with van der Waals surface area (Å²) in [5.41, 5.74) is -0.560. The van der Waals surface area contributed by atoms with E-state index in [1.807, 2.05) is 0 Å². The van der Waals surface area contributed by atoms with Crippen molar-refractivity contribution in [3.05, 3.63) is 39.1 Å². The zero-order chi connectivity index (χ0) is 15.8. The molecule has 0 aliphatic carbocycles. The zero-order valence-electron chi connectivity index (χ0n) is 10.6. The Labute approximate surface area is 122 Å². The number of aromatic hydroxyl groups is 1. The summed E-state index contributed by atoms with van der Waals surface area (Å²) < 4.78 is 26.1. The number of aromatic amines is 1. The molecule has 0 unspecified atom stereocenters. The van der Waals surface area contributed by atoms with Crippen molar-refractivity contribution in [1.29, 1.82) is 0 Å². The van der Waals surface area contributed by atoms with E-state index in [9.17, 15) is 23.1 Å². The summed E-state index contributed by atoms with van der Waals surface area (Å²) in [4.78, 5) is 23.8. The number of sulfonamides is 1. The fourth-order valence-corrected chi connectivity index (χ4v) is 4.00. The predicted molar refractivity (Wildman–Crippen MR) is 75.6 cm³/mol. The summed E-state index contributed by atoms with van der Waals surface area (Å²) in [6.45, 7) is 1.42. The van der Waals surface area contributed by atoms with Crippen molar-refractivity contribution in [2.45, 2.75) is 11.1 Å². The van der Waals surface area contributed by atoms with Gasteiger partial charge in [-0.05, 0) is 19.1 Å². The van der Waals surface area contributed by atoms with Crippen LogP contribution >= 0.6 is 11.3 Å². The van der Waals surface area contributed by atoms with Crippen LogP contribution in [0.3, 0.4) is 0 Å². The molecule has 0 aliphatic rings. The number of carboxylic acid groups (broad SMARTS) is 1. The van der Waals surface area contributed by atoms with Crippen molar-refractivity contribution >= 4 is 33.0 Å². The quantitative estimate of drug-likeness (QED) is 0.616. The van der Waals surface area contributed by atoms with Crippen LogP contribution in [0.4, 0.5) is 5.69 Å². The Kier molecular flexibility index (Phi) is 3.75. The molecule has 21 heavy (non-hydrogen) atoms. The number of nitrogens with one attached hydrogen (secondary N) is 2. The standard InChI is InChI=1S/C11H10N2O6S2/c1-5-10(20-11(17)12-5)21(18,19)13-7-4-2-3-6(8(7)14)9(15)16/h2-4,13-14H,1H3,(H,12,17)(H,15,16). The molecule has 8 nitrogen and oxygen atoms in total. The normalized spacial score (nSPS) is 11.3. The predicted octanol–water partition coefficient (Wildman–Crippen LogP) is 0.949. The van der Waals surface area contributed by atoms with Gasteiger partial charge in [0.1, 0.15) is 5.56 Å². The number of thiazole rings is 1. The molecule has 10 heteroatoms. The molecule has 4 N–H and O–H groups in total. The third-order valence-corrected chi connectivity index (χ3v) is 5.51. The first-order valence-electron chi connectivity index (χ1n) is 5.50. The van der Waals surface area contributed by atoms with E-state index < -0.39 is 32.2 Å². The maximum absolute atomic E-state index is 12.2. The molecule has 112 valence electrons. The molecule has 0 saturated carbocycles. The maximum Gasteiger partial charge on any atom is 0.339 e. The van der Waals surface area contributed by atoms with Gasteiger partial charge >= 0.3 is 10.8 Å². The van der Waals surface area contributed by atoms with E-state index in [2.05, 4.69) is 9.71 Å². The second-order valence-electron chi connectivity index (χ2n) is 4.04. The number of aromatic carboxylic acids is 1. The van der Waals surface area contributed by atoms with Crippen LogP contribution in [0.5, 0.6) is 5.75 Å². The first-order valence-corrected chi connectivity index (χ1v) is 7.80. The first-order chi connectivity index (χ1) is 9.72. The van der Waals surface area contributed by atoms with Crippen LogP contribution in [0.1, 0.15) is 16.1 Å². The Morgan fingerprint density at radius 1 is 1.38 bits per heavy atom. The number of carbonyl (C=O) groups is 1. The number of carboxylic acids is 1. The lowest BCUT2D eigenvalue weighted by atomic mass is 10.2. The average Bonchev–Trinajstić information content (AvgIpc) is 2.71. The van der Waals surface area contributed by atoms with E-state index in [1.54, 1.807) is 0 Å². The molecule has 0 bridgehead atoms. The minimum Gasteiger partial charge on any atom is -0.505 e. The van der Waals surface area contributed by atoms with E-state index in [1.165, 1.54) is 19.1 Å². The van der Waals surface area contributed by atoms with Gasteiger partial charge in [-0.1, -0.05) is 17.4 Å². The molecule has 0 atom stereocenters. The minimum absolute atomic E-state index is 0.159. The summed E-state index contributed by atoms with van der Waals surface area (Å²) in [7, 11) is -4.10. The van der Waals surface area contributed by atoms with Crippen molar-refractivity contribution in [3.8, 4) is 5.75 Å². The monoisotopic (exact) mass is 330 g/mol. The van der Waals surface area contributed by atoms with Crippen molar-refractivity contribution in [1.82, 2.24) is 4.98 Å². The summed E-state index contributed by atoms with van der Waals surface area (Å²) >= 11 is 0.497. The SMILES string of the molecule is Cc1[nH]c(=O)sc1S(=O)(=O)Nc1cccc(C(=O)O)c1O. The molecule has 0 radical (unpaired) electrons. The smallest absolute Gasteiger partial charge is 0.339 e. The number of aryl methyl sites for hydroxylation is 1. The van der Waals surface area contributed by atoms with E-state index in [0.717, 1.165) is 6.07 Å². The van der Waals surface area contributed by atoms with Gasteiger partial charge in [0.05, 0.1) is 5.69 Å². The molecular weight excluding hydrogens is 320 g/mol. The van der Waals surface area contributed by atoms with Crippen molar-refractivity contribution in [3.63, 3.8) is 0 Å². The molecular formula is C11H10N2O6S2. The number of anilines is 1. The molecule has 1 heterocycles. The van der Waals surface area contributed by atoms with Gasteiger partial charge in [-0.15, -0.1) is 0 Å². The summed E-state index contributed by atoms with van der Waals surface area (Å²) in [5, 5.41) is 18.6. The van der Waals surface area contributed by atoms with Crippen molar-refractivity contribution in [2.75, 3.05) is 4.72 Å². The van der Waals surface area contributed by atoms with Crippen LogP contribution in [0.2, 0.25) is 0 Å². The molecule has 1 aromatic carbocycles. The van der Waals surface area contributed by atoms with Crippen LogP contribution in [0, 0.1) is 6.92 Å². The molecule has 0 fully saturated rings. The van der Waals surface area contributed by atoms with Gasteiger partial charge in [0.15, 0.2) is 9.96 Å². The summed E-state index contributed by atoms with van der Waals surface area (Å²) in [5.74, 6) is -2.09. The number of aromatic nitrogens is 1. The number of H-pyrrole nitrogens is 1. The molecule has 0 saturated heterocycles. The van der Waals surface area contributed by atoms with Gasteiger partial charge < -0.3 is 15.2 Å². The van der Waals surface area contributed by atoms with E-state index in [-0.39, 0.29) is 15.6 Å². The van der Waals surface area contributed by atoms with Crippen LogP contribution in [-0.2, 0) is 10.0 Å². The minimum atomic E-state index is -4.10. The number of para-hydroxylation sites is 1. The molecule has 0 aliphatic heterocycles. The second-order valence-corrected chi connectivity index (χ2v) is 6.90. The average molecular weight is 330 g/mol. The Morgan fingerprint density at radius 2 is 2.05 bits per heavy atom. The molecule has 0 spiro atoms. The zero-order valence-corrected chi connectivity index (χ0v) is 12.2. The number of phenols is 1. The van der Waals surface area contributed by atoms with Crippen molar-refractivity contribution in [2.24, 2.45) is 0 Å². The van der Waals surface area contributed by atoms with Crippen LogP contribution < -0.4 is 9.60 Å². The van der Waals surface area contributed by atoms with Crippen LogP contribution in [-0.4, -0.2) is 29.6 Å². The van der Waals surface area contributed by atoms with Crippen LogP contribution in [0.15, 0.2) is 27.2 Å². The lowest BCUT2D eigenvalue weighted by Crippen LogP contribution is -2.13. The number of hydrogen-bond donors (Lipinski definition) is 4. The largest absolute Gasteiger partial charge is 0.505 e. The maximum atomic E-state index is 12.2. The number of hydrogen-bond acceptors (Lipinski definition) is 6. The molecule has 0 amide bonds. The Balaban J connectivity index is 2.47. The van der Waals surface area contributed by atoms with Crippen molar-refractivity contribution < 1.29 is 23.4 Å². The number of benzene rings is 1. The molecule has 1 aromatic heterocycles. The Bertz CT molecular complexity index is 865. The van der Waals surface area contributed by atoms with Gasteiger partial charge in [0, 0.05) is 5.69 Å². The second kappa shape index (κ2) is 5.22. The summed E-state index contributed by atoms with van der Waals surface area (Å²) in [6.07, 6.45) is 0. The fourth-order valence-electron chi connectivity index (χ4n) is 1.64. The molecule has 2 aromatic rings. The first kappa shape index (κ1) is 15.1. The Morgan fingerprint density at radius 3 is 2.57 bits per heavy atom. The Hall–Kier alpha value is -2.33. The topological polar surface area (TPSA) is 137 Å². The third-order valence-electron chi connectivity index (χ3n) is 2.54. The van der Waals surface area contributed by atoms with Crippen LogP contribution in [0.25, 0.3) is 0 Å². The van der Waals surface area contributed by atoms with E-state index in [4.69, 9.17) is 5.11 Å². The van der Waals surface area contributed by atoms with Gasteiger partial charge in [0.2, 0.25) is 0 Å². The lowest BCUT2D eigenvalue weighted by Gasteiger charge is -2.10. The van der Waals surface area contributed by atoms with E-state index >= 15 is 0 Å². The third kappa shape index (κ3) is 2.90. The van der Waals surface area contributed by atoms with Gasteiger partial charge in [0.25, 0.3) is 10.0 Å². The van der Waals surface area contributed by atoms with Gasteiger partial charge in [-0.25, -0.2) is 13.2 Å². The highest BCUT2D eigenvalue weighted by Crippen LogP contribution is 2.30. The molecule has 2 rings (SSSR count). The highest BCUT2D eigenvalue weighted by Gasteiger charge is 2.23. The van der Waals surface area contributed by atoms with E-state index in [0.29, 0.717) is 11.3 Å².